The van der Waals surface area contributed by atoms with Gasteiger partial charge in [0, 0.05) is 12.7 Å². The first kappa shape index (κ1) is 20.5. The molecule has 1 aliphatic carbocycles. The predicted molar refractivity (Wildman–Crippen MR) is 66.1 cm³/mol. The number of ether oxygens (including phenoxy) is 1. The molecule has 3 unspecified atom stereocenters. The molecule has 3 nitrogen and oxygen atoms in total. The number of Topliss-reactive ketones (excluding diaryl/α,β-unsaturated/α-hetero) is 1. The van der Waals surface area contributed by atoms with Gasteiger partial charge in [0.25, 0.3) is 0 Å². The number of halogens is 9. The fraction of sp³-hybridized carbons (Fsp3) is 0.500. The Kier molecular flexibility index (Phi) is 4.82. The number of aliphatic hydroxyl groups is 1. The summed E-state index contributed by atoms with van der Waals surface area (Å²) in [5, 5.41) is 9.92. The van der Waals surface area contributed by atoms with Gasteiger partial charge in [-0.05, 0) is 17.7 Å². The SMILES string of the molecule is COC(C1C(=O)c2c(cc(C(F)(F)F)cc2C(F)(F)F)C1O)C(F)(F)F. The van der Waals surface area contributed by atoms with E-state index in [1.54, 1.807) is 0 Å². The molecule has 3 atom stereocenters. The molecule has 0 heterocycles. The Labute approximate surface area is 139 Å². The van der Waals surface area contributed by atoms with Crippen LogP contribution >= 0.6 is 0 Å². The Morgan fingerprint density at radius 1 is 1.00 bits per heavy atom. The molecule has 1 aliphatic rings. The number of ketones is 1. The molecule has 1 aromatic rings. The van der Waals surface area contributed by atoms with Gasteiger partial charge in [-0.15, -0.1) is 0 Å². The largest absolute Gasteiger partial charge is 0.417 e. The lowest BCUT2D eigenvalue weighted by Gasteiger charge is -2.25. The van der Waals surface area contributed by atoms with Gasteiger partial charge >= 0.3 is 18.5 Å². The zero-order valence-electron chi connectivity index (χ0n) is 12.6. The minimum absolute atomic E-state index is 0.0379. The van der Waals surface area contributed by atoms with E-state index in [4.69, 9.17) is 0 Å². The van der Waals surface area contributed by atoms with Gasteiger partial charge in [-0.1, -0.05) is 0 Å². The number of methoxy groups -OCH3 is 1. The van der Waals surface area contributed by atoms with E-state index in [2.05, 4.69) is 4.74 Å². The van der Waals surface area contributed by atoms with Crippen LogP contribution in [0.4, 0.5) is 39.5 Å². The first-order valence-electron chi connectivity index (χ1n) is 6.74. The third-order valence-corrected chi connectivity index (χ3v) is 3.91. The molecule has 0 bridgehead atoms. The van der Waals surface area contributed by atoms with Crippen LogP contribution in [0.3, 0.4) is 0 Å². The van der Waals surface area contributed by atoms with Crippen molar-refractivity contribution in [2.75, 3.05) is 7.11 Å². The Morgan fingerprint density at radius 3 is 1.92 bits per heavy atom. The van der Waals surface area contributed by atoms with Crippen LogP contribution in [0.2, 0.25) is 0 Å². The van der Waals surface area contributed by atoms with Gasteiger partial charge in [-0.2, -0.15) is 39.5 Å². The van der Waals surface area contributed by atoms with Crippen LogP contribution < -0.4 is 0 Å². The van der Waals surface area contributed by atoms with Crippen LogP contribution in [-0.4, -0.2) is 30.3 Å². The smallest absolute Gasteiger partial charge is 0.388 e. The average molecular weight is 396 g/mol. The fourth-order valence-electron chi connectivity index (χ4n) is 2.85. The second-order valence-corrected chi connectivity index (χ2v) is 5.52. The number of aliphatic hydroxyl groups excluding tert-OH is 1. The number of hydrogen-bond donors (Lipinski definition) is 1. The Hall–Kier alpha value is -1.82. The van der Waals surface area contributed by atoms with Crippen molar-refractivity contribution >= 4 is 5.78 Å². The molecule has 1 N–H and O–H groups in total. The molecule has 26 heavy (non-hydrogen) atoms. The molecule has 0 radical (unpaired) electrons. The maximum Gasteiger partial charge on any atom is 0.417 e. The Balaban J connectivity index is 2.73. The van der Waals surface area contributed by atoms with Crippen molar-refractivity contribution in [1.29, 1.82) is 0 Å². The first-order chi connectivity index (χ1) is 11.6. The third kappa shape index (κ3) is 3.39. The van der Waals surface area contributed by atoms with E-state index in [-0.39, 0.29) is 12.1 Å². The summed E-state index contributed by atoms with van der Waals surface area (Å²) in [4.78, 5) is 12.2. The lowest BCUT2D eigenvalue weighted by molar-refractivity contribution is -0.230. The highest BCUT2D eigenvalue weighted by molar-refractivity contribution is 6.05. The zero-order valence-corrected chi connectivity index (χ0v) is 12.6. The highest BCUT2D eigenvalue weighted by atomic mass is 19.4. The van der Waals surface area contributed by atoms with Crippen molar-refractivity contribution < 1.29 is 54.2 Å². The molecule has 12 heteroatoms. The van der Waals surface area contributed by atoms with Gasteiger partial charge in [0.1, 0.15) is 0 Å². The monoisotopic (exact) mass is 396 g/mol. The van der Waals surface area contributed by atoms with Gasteiger partial charge in [0.2, 0.25) is 0 Å². The molecule has 0 saturated carbocycles. The van der Waals surface area contributed by atoms with E-state index >= 15 is 0 Å². The van der Waals surface area contributed by atoms with Crippen molar-refractivity contribution in [3.63, 3.8) is 0 Å². The lowest BCUT2D eigenvalue weighted by atomic mass is 9.94. The van der Waals surface area contributed by atoms with Crippen molar-refractivity contribution in [3.05, 3.63) is 34.4 Å². The maximum absolute atomic E-state index is 13.1. The van der Waals surface area contributed by atoms with Crippen LogP contribution in [-0.2, 0) is 17.1 Å². The quantitative estimate of drug-likeness (QED) is 0.765. The molecule has 0 saturated heterocycles. The second-order valence-electron chi connectivity index (χ2n) is 5.52. The molecule has 0 aliphatic heterocycles. The van der Waals surface area contributed by atoms with Crippen molar-refractivity contribution in [2.24, 2.45) is 5.92 Å². The highest BCUT2D eigenvalue weighted by Crippen LogP contribution is 2.49. The van der Waals surface area contributed by atoms with Crippen molar-refractivity contribution in [2.45, 2.75) is 30.7 Å². The molecule has 0 aromatic heterocycles. The summed E-state index contributed by atoms with van der Waals surface area (Å²) >= 11 is 0. The minimum Gasteiger partial charge on any atom is -0.388 e. The van der Waals surface area contributed by atoms with Crippen molar-refractivity contribution in [3.8, 4) is 0 Å². The fourth-order valence-corrected chi connectivity index (χ4v) is 2.85. The minimum atomic E-state index is -5.46. The molecular weight excluding hydrogens is 387 g/mol. The predicted octanol–water partition coefficient (Wildman–Crippen LogP) is 4.15. The number of rotatable bonds is 2. The number of carbonyl (C=O) groups excluding carboxylic acids is 1. The second kappa shape index (κ2) is 6.12. The van der Waals surface area contributed by atoms with E-state index in [1.165, 1.54) is 0 Å². The van der Waals surface area contributed by atoms with Gasteiger partial charge in [-0.25, -0.2) is 0 Å². The number of hydrogen-bond acceptors (Lipinski definition) is 3. The molecule has 0 amide bonds. The third-order valence-electron chi connectivity index (χ3n) is 3.91. The van der Waals surface area contributed by atoms with Gasteiger partial charge < -0.3 is 9.84 Å². The molecule has 2 rings (SSSR count). The van der Waals surface area contributed by atoms with Crippen LogP contribution in [0.25, 0.3) is 0 Å². The molecule has 1 aromatic carbocycles. The summed E-state index contributed by atoms with van der Waals surface area (Å²) in [6.45, 7) is 0. The number of carbonyl (C=O) groups is 1. The maximum atomic E-state index is 13.1. The summed E-state index contributed by atoms with van der Waals surface area (Å²) in [5.74, 6) is -4.35. The van der Waals surface area contributed by atoms with E-state index in [0.717, 1.165) is 0 Å². The summed E-state index contributed by atoms with van der Waals surface area (Å²) in [6.07, 6.45) is -21.5. The van der Waals surface area contributed by atoms with Gasteiger partial charge in [0.05, 0.1) is 23.1 Å². The van der Waals surface area contributed by atoms with Gasteiger partial charge in [-0.3, -0.25) is 4.79 Å². The summed E-state index contributed by atoms with van der Waals surface area (Å²) in [5.41, 5.74) is -6.51. The molecule has 146 valence electrons. The molecular formula is C14H9F9O3. The average Bonchev–Trinajstić information content (AvgIpc) is 2.69. The lowest BCUT2D eigenvalue weighted by Crippen LogP contribution is -2.42. The molecule has 0 spiro atoms. The Morgan fingerprint density at radius 2 is 1.54 bits per heavy atom. The standard InChI is InChI=1S/C14H9F9O3/c1-26-11(14(21,22)23)8-9(24)5-2-4(12(15,16)17)3-6(13(18,19)20)7(5)10(8)25/h2-3,8-9,11,24H,1H3. The van der Waals surface area contributed by atoms with Crippen LogP contribution in [0.1, 0.15) is 33.2 Å². The van der Waals surface area contributed by atoms with E-state index in [9.17, 15) is 49.4 Å². The topological polar surface area (TPSA) is 46.5 Å². The van der Waals surface area contributed by atoms with E-state index < -0.39 is 64.7 Å². The normalized spacial score (nSPS) is 22.5. The summed E-state index contributed by atoms with van der Waals surface area (Å²) in [6, 6.07) is -0.336. The van der Waals surface area contributed by atoms with Crippen LogP contribution in [0, 0.1) is 5.92 Å². The van der Waals surface area contributed by atoms with Crippen LogP contribution in [0.5, 0.6) is 0 Å². The summed E-state index contributed by atoms with van der Waals surface area (Å²) in [7, 11) is 0.507. The number of alkyl halides is 9. The first-order valence-corrected chi connectivity index (χ1v) is 6.74. The number of benzene rings is 1. The van der Waals surface area contributed by atoms with E-state index in [1.807, 2.05) is 0 Å². The highest BCUT2D eigenvalue weighted by Gasteiger charge is 2.57. The van der Waals surface area contributed by atoms with Crippen LogP contribution in [0.15, 0.2) is 12.1 Å². The van der Waals surface area contributed by atoms with E-state index in [0.29, 0.717) is 7.11 Å². The number of fused-ring (bicyclic) bond motifs is 1. The van der Waals surface area contributed by atoms with Crippen molar-refractivity contribution in [1.82, 2.24) is 0 Å². The summed E-state index contributed by atoms with van der Waals surface area (Å²) < 4.78 is 121. The zero-order chi connectivity index (χ0) is 20.2. The molecule has 0 fully saturated rings. The van der Waals surface area contributed by atoms with Gasteiger partial charge in [0.15, 0.2) is 11.9 Å². The Bertz CT molecular complexity index is 718.